The Balaban J connectivity index is 1.58. The Morgan fingerprint density at radius 2 is 1.56 bits per heavy atom. The predicted octanol–water partition coefficient (Wildman–Crippen LogP) is 4.48. The Morgan fingerprint density at radius 3 is 2.26 bits per heavy atom. The molecule has 0 saturated carbocycles. The average Bonchev–Trinajstić information content (AvgIpc) is 3.18. The molecule has 0 atom stereocenters. The molecular weight excluding hydrogens is 334 g/mol. The van der Waals surface area contributed by atoms with Crippen LogP contribution in [0.5, 0.6) is 0 Å². The molecule has 0 aliphatic carbocycles. The zero-order chi connectivity index (χ0) is 18.5. The van der Waals surface area contributed by atoms with Gasteiger partial charge in [-0.3, -0.25) is 4.79 Å². The lowest BCUT2D eigenvalue weighted by atomic mass is 10.0. The third-order valence-electron chi connectivity index (χ3n) is 5.17. The van der Waals surface area contributed by atoms with E-state index in [4.69, 9.17) is 5.10 Å². The monoisotopic (exact) mass is 359 g/mol. The Morgan fingerprint density at radius 1 is 0.889 bits per heavy atom. The second-order valence-corrected chi connectivity index (χ2v) is 7.09. The molecule has 2 heterocycles. The Kier molecular flexibility index (Phi) is 5.33. The maximum Gasteiger partial charge on any atom is 0.222 e. The molecule has 1 aromatic heterocycles. The fraction of sp³-hybridized carbons (Fsp3) is 0.304. The highest BCUT2D eigenvalue weighted by Gasteiger charge is 2.18. The summed E-state index contributed by atoms with van der Waals surface area (Å²) in [6.07, 6.45) is 6.83. The number of carbonyl (C=O) groups excluding carboxylic acids is 1. The van der Waals surface area contributed by atoms with Crippen LogP contribution in [0.1, 0.15) is 31.2 Å². The molecule has 138 valence electrons. The number of aromatic nitrogens is 2. The molecule has 0 unspecified atom stereocenters. The summed E-state index contributed by atoms with van der Waals surface area (Å²) in [6, 6.07) is 20.3. The van der Waals surface area contributed by atoms with Crippen LogP contribution in [0.4, 0.5) is 0 Å². The maximum atomic E-state index is 12.6. The number of benzene rings is 2. The van der Waals surface area contributed by atoms with Crippen LogP contribution in [-0.4, -0.2) is 33.7 Å². The van der Waals surface area contributed by atoms with Gasteiger partial charge in [0.25, 0.3) is 0 Å². The van der Waals surface area contributed by atoms with Crippen molar-refractivity contribution in [1.29, 1.82) is 0 Å². The van der Waals surface area contributed by atoms with Gasteiger partial charge < -0.3 is 4.90 Å². The van der Waals surface area contributed by atoms with E-state index in [1.807, 2.05) is 58.1 Å². The van der Waals surface area contributed by atoms with Gasteiger partial charge in [-0.1, -0.05) is 48.5 Å². The van der Waals surface area contributed by atoms with Gasteiger partial charge in [0.15, 0.2) is 0 Å². The number of aryl methyl sites for hydroxylation is 1. The van der Waals surface area contributed by atoms with E-state index in [1.54, 1.807) is 0 Å². The highest BCUT2D eigenvalue weighted by atomic mass is 16.2. The van der Waals surface area contributed by atoms with Gasteiger partial charge in [-0.25, -0.2) is 4.68 Å². The van der Waals surface area contributed by atoms with Crippen LogP contribution >= 0.6 is 0 Å². The van der Waals surface area contributed by atoms with E-state index in [9.17, 15) is 4.79 Å². The van der Waals surface area contributed by atoms with Gasteiger partial charge in [-0.05, 0) is 43.4 Å². The maximum absolute atomic E-state index is 12.6. The van der Waals surface area contributed by atoms with Gasteiger partial charge in [0.1, 0.15) is 0 Å². The van der Waals surface area contributed by atoms with Gasteiger partial charge in [0.2, 0.25) is 5.91 Å². The molecule has 1 amide bonds. The van der Waals surface area contributed by atoms with E-state index >= 15 is 0 Å². The normalized spacial score (nSPS) is 14.3. The van der Waals surface area contributed by atoms with Crippen molar-refractivity contribution in [1.82, 2.24) is 14.7 Å². The first-order valence-corrected chi connectivity index (χ1v) is 9.78. The number of rotatable bonds is 5. The summed E-state index contributed by atoms with van der Waals surface area (Å²) in [5, 5.41) is 4.83. The van der Waals surface area contributed by atoms with E-state index < -0.39 is 0 Å². The van der Waals surface area contributed by atoms with Crippen molar-refractivity contribution in [2.75, 3.05) is 13.1 Å². The van der Waals surface area contributed by atoms with Crippen LogP contribution in [0, 0.1) is 0 Å². The number of nitrogens with zero attached hydrogens (tertiary/aromatic N) is 3. The Hall–Kier alpha value is -2.88. The van der Waals surface area contributed by atoms with Gasteiger partial charge in [-0.2, -0.15) is 5.10 Å². The van der Waals surface area contributed by atoms with E-state index in [0.717, 1.165) is 48.4 Å². The van der Waals surface area contributed by atoms with Crippen LogP contribution < -0.4 is 0 Å². The van der Waals surface area contributed by atoms with Crippen LogP contribution in [-0.2, 0) is 11.2 Å². The summed E-state index contributed by atoms with van der Waals surface area (Å²) in [7, 11) is 0. The Labute approximate surface area is 160 Å². The van der Waals surface area contributed by atoms with Crippen molar-refractivity contribution in [2.24, 2.45) is 0 Å². The first kappa shape index (κ1) is 17.5. The number of hydrogen-bond donors (Lipinski definition) is 0. The number of piperidine rings is 1. The molecule has 4 heteroatoms. The first-order valence-electron chi connectivity index (χ1n) is 9.78. The quantitative estimate of drug-likeness (QED) is 0.673. The van der Waals surface area contributed by atoms with Gasteiger partial charge in [0, 0.05) is 31.3 Å². The van der Waals surface area contributed by atoms with Crippen LogP contribution in [0.15, 0.2) is 66.9 Å². The number of hydrogen-bond acceptors (Lipinski definition) is 2. The minimum absolute atomic E-state index is 0.265. The van der Waals surface area contributed by atoms with Crippen molar-refractivity contribution in [2.45, 2.75) is 32.1 Å². The first-order chi connectivity index (χ1) is 13.3. The molecule has 1 saturated heterocycles. The molecule has 1 fully saturated rings. The van der Waals surface area contributed by atoms with Crippen molar-refractivity contribution in [3.05, 3.63) is 72.4 Å². The number of likely N-dealkylation sites (tertiary alicyclic amines) is 1. The third-order valence-corrected chi connectivity index (χ3v) is 5.17. The number of carbonyl (C=O) groups is 1. The van der Waals surface area contributed by atoms with Crippen molar-refractivity contribution >= 4 is 5.91 Å². The molecule has 0 bridgehead atoms. The van der Waals surface area contributed by atoms with Crippen LogP contribution in [0.3, 0.4) is 0 Å². The SMILES string of the molecule is O=C(CCc1cn(-c2ccccc2)nc1-c1ccccc1)N1CCCCC1. The molecule has 0 spiro atoms. The Bertz CT molecular complexity index is 881. The molecule has 0 radical (unpaired) electrons. The summed E-state index contributed by atoms with van der Waals surface area (Å²) < 4.78 is 1.92. The molecule has 4 nitrogen and oxygen atoms in total. The van der Waals surface area contributed by atoms with E-state index in [0.29, 0.717) is 12.8 Å². The average molecular weight is 359 g/mol. The lowest BCUT2D eigenvalue weighted by Gasteiger charge is -2.26. The zero-order valence-corrected chi connectivity index (χ0v) is 15.6. The summed E-state index contributed by atoms with van der Waals surface area (Å²) in [5.74, 6) is 0.265. The topological polar surface area (TPSA) is 38.1 Å². The molecule has 1 aliphatic heterocycles. The third kappa shape index (κ3) is 4.11. The lowest BCUT2D eigenvalue weighted by molar-refractivity contribution is -0.132. The predicted molar refractivity (Wildman–Crippen MR) is 108 cm³/mol. The zero-order valence-electron chi connectivity index (χ0n) is 15.6. The van der Waals surface area contributed by atoms with Gasteiger partial charge in [-0.15, -0.1) is 0 Å². The van der Waals surface area contributed by atoms with Gasteiger partial charge >= 0.3 is 0 Å². The molecule has 0 N–H and O–H groups in total. The fourth-order valence-electron chi connectivity index (χ4n) is 3.69. The molecule has 2 aromatic carbocycles. The van der Waals surface area contributed by atoms with Gasteiger partial charge in [0.05, 0.1) is 11.4 Å². The molecular formula is C23H25N3O. The van der Waals surface area contributed by atoms with Crippen molar-refractivity contribution in [3.8, 4) is 16.9 Å². The van der Waals surface area contributed by atoms with Crippen molar-refractivity contribution < 1.29 is 4.79 Å². The highest BCUT2D eigenvalue weighted by molar-refractivity contribution is 5.77. The standard InChI is InChI=1S/C23H25N3O/c27-22(25-16-8-3-9-17-25)15-14-20-18-26(21-12-6-2-7-13-21)24-23(20)19-10-4-1-5-11-19/h1-2,4-7,10-13,18H,3,8-9,14-17H2. The lowest BCUT2D eigenvalue weighted by Crippen LogP contribution is -2.35. The smallest absolute Gasteiger partial charge is 0.222 e. The molecule has 1 aliphatic rings. The summed E-state index contributed by atoms with van der Waals surface area (Å²) >= 11 is 0. The molecule has 3 aromatic rings. The molecule has 27 heavy (non-hydrogen) atoms. The largest absolute Gasteiger partial charge is 0.343 e. The highest BCUT2D eigenvalue weighted by Crippen LogP contribution is 2.25. The summed E-state index contributed by atoms with van der Waals surface area (Å²) in [6.45, 7) is 1.82. The van der Waals surface area contributed by atoms with E-state index in [1.165, 1.54) is 6.42 Å². The van der Waals surface area contributed by atoms with Crippen molar-refractivity contribution in [3.63, 3.8) is 0 Å². The fourth-order valence-corrected chi connectivity index (χ4v) is 3.69. The second kappa shape index (κ2) is 8.21. The van der Waals surface area contributed by atoms with Crippen LogP contribution in [0.25, 0.3) is 16.9 Å². The summed E-state index contributed by atoms with van der Waals surface area (Å²) in [5.41, 5.74) is 4.21. The summed E-state index contributed by atoms with van der Waals surface area (Å²) in [4.78, 5) is 14.6. The van der Waals surface area contributed by atoms with E-state index in [-0.39, 0.29) is 5.91 Å². The number of para-hydroxylation sites is 1. The number of amides is 1. The molecule has 4 rings (SSSR count). The minimum Gasteiger partial charge on any atom is -0.343 e. The minimum atomic E-state index is 0.265. The van der Waals surface area contributed by atoms with E-state index in [2.05, 4.69) is 18.3 Å². The van der Waals surface area contributed by atoms with Crippen LogP contribution in [0.2, 0.25) is 0 Å². The second-order valence-electron chi connectivity index (χ2n) is 7.09.